The second-order valence-corrected chi connectivity index (χ2v) is 5.06. The number of methoxy groups -OCH3 is 1. The topological polar surface area (TPSA) is 87.7 Å². The summed E-state index contributed by atoms with van der Waals surface area (Å²) in [4.78, 5) is 23.0. The number of rotatable bonds is 7. The van der Waals surface area contributed by atoms with Gasteiger partial charge in [-0.25, -0.2) is 9.59 Å². The van der Waals surface area contributed by atoms with Crippen molar-refractivity contribution in [3.8, 4) is 0 Å². The van der Waals surface area contributed by atoms with Crippen LogP contribution in [0.1, 0.15) is 33.1 Å². The molecular weight excluding hydrogens is 236 g/mol. The average molecular weight is 258 g/mol. The van der Waals surface area contributed by atoms with E-state index in [0.717, 1.165) is 12.8 Å². The molecule has 6 heteroatoms. The Labute approximate surface area is 107 Å². The van der Waals surface area contributed by atoms with Gasteiger partial charge in [0, 0.05) is 19.8 Å². The number of carbonyl (C=O) groups is 2. The van der Waals surface area contributed by atoms with Gasteiger partial charge in [0.2, 0.25) is 0 Å². The van der Waals surface area contributed by atoms with Crippen LogP contribution in [0, 0.1) is 5.92 Å². The largest absolute Gasteiger partial charge is 0.480 e. The van der Waals surface area contributed by atoms with E-state index in [1.165, 1.54) is 0 Å². The third-order valence-electron chi connectivity index (χ3n) is 3.34. The lowest BCUT2D eigenvalue weighted by molar-refractivity contribution is -0.144. The molecule has 1 fully saturated rings. The molecule has 0 aromatic heterocycles. The van der Waals surface area contributed by atoms with E-state index in [-0.39, 0.29) is 12.0 Å². The molecule has 1 saturated carbocycles. The standard InChI is InChI=1S/C12H22N2O4/c1-8(6-7-18-3)13-11(17)14-12(2,10(15)16)9-4-5-9/h8-9H,4-7H2,1-3H3,(H,15,16)(H2,13,14,17). The highest BCUT2D eigenvalue weighted by Crippen LogP contribution is 2.39. The van der Waals surface area contributed by atoms with Crippen LogP contribution in [0.5, 0.6) is 0 Å². The molecule has 1 aliphatic carbocycles. The fourth-order valence-corrected chi connectivity index (χ4v) is 1.85. The fourth-order valence-electron chi connectivity index (χ4n) is 1.85. The summed E-state index contributed by atoms with van der Waals surface area (Å²) in [5.74, 6) is -0.945. The van der Waals surface area contributed by atoms with Gasteiger partial charge in [-0.1, -0.05) is 0 Å². The van der Waals surface area contributed by atoms with Crippen molar-refractivity contribution < 1.29 is 19.4 Å². The molecule has 0 aromatic carbocycles. The molecular formula is C12H22N2O4. The normalized spacial score (nSPS) is 19.7. The van der Waals surface area contributed by atoms with Crippen molar-refractivity contribution in [2.45, 2.75) is 44.7 Å². The first-order valence-corrected chi connectivity index (χ1v) is 6.21. The first-order chi connectivity index (χ1) is 8.40. The van der Waals surface area contributed by atoms with Crippen molar-refractivity contribution in [3.63, 3.8) is 0 Å². The Morgan fingerprint density at radius 2 is 2.11 bits per heavy atom. The number of carboxylic acids is 1. The van der Waals surface area contributed by atoms with Crippen molar-refractivity contribution in [2.24, 2.45) is 5.92 Å². The lowest BCUT2D eigenvalue weighted by Gasteiger charge is -2.27. The summed E-state index contributed by atoms with van der Waals surface area (Å²) in [5.41, 5.74) is -1.16. The number of amides is 2. The van der Waals surface area contributed by atoms with Gasteiger partial charge in [-0.2, -0.15) is 0 Å². The third-order valence-corrected chi connectivity index (χ3v) is 3.34. The molecule has 0 aromatic rings. The van der Waals surface area contributed by atoms with Gasteiger partial charge >= 0.3 is 12.0 Å². The molecule has 2 amide bonds. The zero-order chi connectivity index (χ0) is 13.8. The van der Waals surface area contributed by atoms with Gasteiger partial charge in [-0.15, -0.1) is 0 Å². The Balaban J connectivity index is 2.44. The minimum absolute atomic E-state index is 0.0371. The Morgan fingerprint density at radius 3 is 2.56 bits per heavy atom. The van der Waals surface area contributed by atoms with Gasteiger partial charge in [0.15, 0.2) is 0 Å². The molecule has 0 aliphatic heterocycles. The Hall–Kier alpha value is -1.30. The van der Waals surface area contributed by atoms with Crippen LogP contribution in [-0.4, -0.2) is 42.4 Å². The lowest BCUT2D eigenvalue weighted by atomic mass is 9.96. The van der Waals surface area contributed by atoms with Crippen molar-refractivity contribution in [3.05, 3.63) is 0 Å². The molecule has 18 heavy (non-hydrogen) atoms. The zero-order valence-electron chi connectivity index (χ0n) is 11.2. The summed E-state index contributed by atoms with van der Waals surface area (Å²) in [7, 11) is 1.60. The SMILES string of the molecule is COCCC(C)NC(=O)NC(C)(C(=O)O)C1CC1. The van der Waals surface area contributed by atoms with Crippen LogP contribution in [0.15, 0.2) is 0 Å². The molecule has 0 saturated heterocycles. The van der Waals surface area contributed by atoms with E-state index in [1.54, 1.807) is 14.0 Å². The van der Waals surface area contributed by atoms with E-state index in [9.17, 15) is 14.7 Å². The fraction of sp³-hybridized carbons (Fsp3) is 0.833. The van der Waals surface area contributed by atoms with E-state index < -0.39 is 17.5 Å². The zero-order valence-corrected chi connectivity index (χ0v) is 11.2. The predicted octanol–water partition coefficient (Wildman–Crippen LogP) is 0.964. The van der Waals surface area contributed by atoms with Gasteiger partial charge in [0.1, 0.15) is 5.54 Å². The van der Waals surface area contributed by atoms with Crippen LogP contribution in [0.3, 0.4) is 0 Å². The van der Waals surface area contributed by atoms with E-state index in [1.807, 2.05) is 6.92 Å². The van der Waals surface area contributed by atoms with Crippen LogP contribution in [0.2, 0.25) is 0 Å². The number of nitrogens with one attached hydrogen (secondary N) is 2. The van der Waals surface area contributed by atoms with Gasteiger partial charge in [-0.05, 0) is 39.0 Å². The summed E-state index contributed by atoms with van der Waals surface area (Å²) in [5, 5.41) is 14.5. The molecule has 1 aliphatic rings. The second-order valence-electron chi connectivity index (χ2n) is 5.06. The first-order valence-electron chi connectivity index (χ1n) is 6.21. The van der Waals surface area contributed by atoms with Crippen molar-refractivity contribution >= 4 is 12.0 Å². The summed E-state index contributed by atoms with van der Waals surface area (Å²) in [6, 6.07) is -0.488. The minimum atomic E-state index is -1.16. The number of hydrogen-bond donors (Lipinski definition) is 3. The summed E-state index contributed by atoms with van der Waals surface area (Å²) in [6.07, 6.45) is 2.39. The van der Waals surface area contributed by atoms with Crippen LogP contribution >= 0.6 is 0 Å². The van der Waals surface area contributed by atoms with Crippen LogP contribution in [0.25, 0.3) is 0 Å². The van der Waals surface area contributed by atoms with Crippen molar-refractivity contribution in [2.75, 3.05) is 13.7 Å². The van der Waals surface area contributed by atoms with E-state index in [4.69, 9.17) is 4.74 Å². The first kappa shape index (κ1) is 14.8. The molecule has 6 nitrogen and oxygen atoms in total. The average Bonchev–Trinajstić information content (AvgIpc) is 3.09. The van der Waals surface area contributed by atoms with Gasteiger partial charge < -0.3 is 20.5 Å². The van der Waals surface area contributed by atoms with Gasteiger partial charge in [0.25, 0.3) is 0 Å². The number of carboxylic acid groups (broad SMARTS) is 1. The van der Waals surface area contributed by atoms with E-state index in [2.05, 4.69) is 10.6 Å². The summed E-state index contributed by atoms with van der Waals surface area (Å²) >= 11 is 0. The Kier molecular flexibility index (Phi) is 4.95. The highest BCUT2D eigenvalue weighted by Gasteiger charge is 2.48. The highest BCUT2D eigenvalue weighted by molar-refractivity contribution is 5.86. The number of carbonyl (C=O) groups excluding carboxylic acids is 1. The molecule has 0 heterocycles. The Morgan fingerprint density at radius 1 is 1.50 bits per heavy atom. The molecule has 0 spiro atoms. The summed E-state index contributed by atoms with van der Waals surface area (Å²) < 4.78 is 4.92. The minimum Gasteiger partial charge on any atom is -0.480 e. The van der Waals surface area contributed by atoms with E-state index in [0.29, 0.717) is 13.0 Å². The predicted molar refractivity (Wildman–Crippen MR) is 66.4 cm³/mol. The van der Waals surface area contributed by atoms with E-state index >= 15 is 0 Å². The second kappa shape index (κ2) is 6.04. The quantitative estimate of drug-likeness (QED) is 0.635. The van der Waals surface area contributed by atoms with Crippen molar-refractivity contribution in [1.82, 2.24) is 10.6 Å². The maximum atomic E-state index is 11.7. The van der Waals surface area contributed by atoms with Gasteiger partial charge in [-0.3, -0.25) is 0 Å². The highest BCUT2D eigenvalue weighted by atomic mass is 16.5. The van der Waals surface area contributed by atoms with Crippen LogP contribution in [0.4, 0.5) is 4.79 Å². The maximum absolute atomic E-state index is 11.7. The van der Waals surface area contributed by atoms with Crippen LogP contribution < -0.4 is 10.6 Å². The summed E-state index contributed by atoms with van der Waals surface area (Å²) in [6.45, 7) is 3.97. The lowest BCUT2D eigenvalue weighted by Crippen LogP contribution is -2.57. The molecule has 0 bridgehead atoms. The molecule has 0 radical (unpaired) electrons. The number of ether oxygens (including phenoxy) is 1. The number of urea groups is 1. The van der Waals surface area contributed by atoms with Crippen molar-refractivity contribution in [1.29, 1.82) is 0 Å². The van der Waals surface area contributed by atoms with Gasteiger partial charge in [0.05, 0.1) is 0 Å². The smallest absolute Gasteiger partial charge is 0.329 e. The molecule has 3 N–H and O–H groups in total. The Bertz CT molecular complexity index is 317. The third kappa shape index (κ3) is 3.87. The number of aliphatic carboxylic acids is 1. The molecule has 104 valence electrons. The molecule has 2 unspecified atom stereocenters. The van der Waals surface area contributed by atoms with Crippen LogP contribution in [-0.2, 0) is 9.53 Å². The maximum Gasteiger partial charge on any atom is 0.329 e. The molecule has 2 atom stereocenters. The monoisotopic (exact) mass is 258 g/mol. The molecule has 1 rings (SSSR count). The number of hydrogen-bond acceptors (Lipinski definition) is 3.